The molecule has 6 nitrogen and oxygen atoms in total. The second-order valence-corrected chi connectivity index (χ2v) is 6.96. The lowest BCUT2D eigenvalue weighted by atomic mass is 10.2. The fourth-order valence-corrected chi connectivity index (χ4v) is 3.46. The van der Waals surface area contributed by atoms with Crippen molar-refractivity contribution in [2.24, 2.45) is 0 Å². The smallest absolute Gasteiger partial charge is 0.427 e. The van der Waals surface area contributed by atoms with E-state index >= 15 is 0 Å². The van der Waals surface area contributed by atoms with Crippen molar-refractivity contribution >= 4 is 16.1 Å². The minimum atomic E-state index is -3.95. The van der Waals surface area contributed by atoms with E-state index in [9.17, 15) is 13.2 Å². The Morgan fingerprint density at radius 1 is 1.09 bits per heavy atom. The van der Waals surface area contributed by atoms with E-state index in [1.54, 1.807) is 36.4 Å². The third-order valence-corrected chi connectivity index (χ3v) is 5.12. The molecule has 1 amide bonds. The summed E-state index contributed by atoms with van der Waals surface area (Å²) >= 11 is 0. The molecule has 1 atom stereocenters. The highest BCUT2D eigenvalue weighted by Gasteiger charge is 2.41. The van der Waals surface area contributed by atoms with Crippen LogP contribution in [-0.4, -0.2) is 31.7 Å². The number of cyclic esters (lactones) is 1. The van der Waals surface area contributed by atoms with Gasteiger partial charge in [0.25, 0.3) is 16.3 Å². The molecular weight excluding hydrogens is 318 g/mol. The molecule has 0 aromatic heterocycles. The monoisotopic (exact) mass is 333 g/mol. The van der Waals surface area contributed by atoms with Gasteiger partial charge in [0.15, 0.2) is 0 Å². The summed E-state index contributed by atoms with van der Waals surface area (Å²) in [4.78, 5) is 11.9. The van der Waals surface area contributed by atoms with E-state index in [1.165, 1.54) is 12.1 Å². The number of nitrogens with zero attached hydrogens (tertiary/aromatic N) is 1. The number of carbonyl (C=O) groups is 1. The van der Waals surface area contributed by atoms with Gasteiger partial charge in [-0.05, 0) is 31.2 Å². The molecular formula is C16H15NO5S. The van der Waals surface area contributed by atoms with Crippen LogP contribution in [0.1, 0.15) is 5.56 Å². The maximum atomic E-state index is 12.5. The van der Waals surface area contributed by atoms with E-state index in [4.69, 9.17) is 9.47 Å². The number of benzene rings is 2. The fourth-order valence-electron chi connectivity index (χ4n) is 2.16. The van der Waals surface area contributed by atoms with Crippen LogP contribution in [0.2, 0.25) is 0 Å². The normalized spacial score (nSPS) is 17.9. The number of hydrogen-bond acceptors (Lipinski definition) is 5. The zero-order chi connectivity index (χ0) is 16.4. The van der Waals surface area contributed by atoms with Gasteiger partial charge in [0.1, 0.15) is 12.3 Å². The molecule has 0 saturated carbocycles. The highest BCUT2D eigenvalue weighted by molar-refractivity contribution is 7.89. The van der Waals surface area contributed by atoms with Gasteiger partial charge in [-0.3, -0.25) is 0 Å². The number of ether oxygens (including phenoxy) is 2. The van der Waals surface area contributed by atoms with Gasteiger partial charge in [0.2, 0.25) is 0 Å². The molecule has 1 aliphatic heterocycles. The molecule has 1 aliphatic rings. The largest absolute Gasteiger partial charge is 0.453 e. The summed E-state index contributed by atoms with van der Waals surface area (Å²) in [5.41, 5.74) is 0.929. The van der Waals surface area contributed by atoms with Crippen LogP contribution < -0.4 is 4.74 Å². The molecule has 1 unspecified atom stereocenters. The first-order valence-corrected chi connectivity index (χ1v) is 8.42. The first kappa shape index (κ1) is 15.4. The summed E-state index contributed by atoms with van der Waals surface area (Å²) in [5, 5.41) is 0. The van der Waals surface area contributed by atoms with Gasteiger partial charge in [-0.2, -0.15) is 4.31 Å². The Bertz CT molecular complexity index is 802. The fraction of sp³-hybridized carbons (Fsp3) is 0.188. The summed E-state index contributed by atoms with van der Waals surface area (Å²) in [5.74, 6) is 0.500. The number of carbonyl (C=O) groups excluding carboxylic acids is 1. The van der Waals surface area contributed by atoms with Gasteiger partial charge in [-0.25, -0.2) is 13.2 Å². The first-order chi connectivity index (χ1) is 11.0. The van der Waals surface area contributed by atoms with E-state index in [-0.39, 0.29) is 11.4 Å². The SMILES string of the molecule is Cc1ccc(S(=O)(=O)N2CC(Oc3ccccc3)OC2=O)cc1. The third-order valence-electron chi connectivity index (χ3n) is 3.37. The zero-order valence-corrected chi connectivity index (χ0v) is 13.2. The summed E-state index contributed by atoms with van der Waals surface area (Å²) in [7, 11) is -3.95. The Balaban J connectivity index is 1.78. The molecule has 0 aliphatic carbocycles. The number of aryl methyl sites for hydroxylation is 1. The molecule has 2 aromatic rings. The number of rotatable bonds is 4. The Kier molecular flexibility index (Phi) is 3.96. The molecule has 0 bridgehead atoms. The quantitative estimate of drug-likeness (QED) is 0.860. The molecule has 3 rings (SSSR count). The minimum Gasteiger partial charge on any atom is -0.453 e. The Hall–Kier alpha value is -2.54. The second-order valence-electron chi connectivity index (χ2n) is 5.09. The predicted octanol–water partition coefficient (Wildman–Crippen LogP) is 2.54. The van der Waals surface area contributed by atoms with Crippen LogP contribution in [0.25, 0.3) is 0 Å². The third kappa shape index (κ3) is 3.14. The number of hydrogen-bond donors (Lipinski definition) is 0. The van der Waals surface area contributed by atoms with Gasteiger partial charge in [0, 0.05) is 0 Å². The summed E-state index contributed by atoms with van der Waals surface area (Å²) in [6, 6.07) is 15.0. The van der Waals surface area contributed by atoms with Crippen molar-refractivity contribution < 1.29 is 22.7 Å². The van der Waals surface area contributed by atoms with Gasteiger partial charge in [-0.15, -0.1) is 0 Å². The van der Waals surface area contributed by atoms with Crippen LogP contribution in [0.5, 0.6) is 5.75 Å². The number of sulfonamides is 1. The van der Waals surface area contributed by atoms with E-state index in [0.29, 0.717) is 10.1 Å². The molecule has 1 fully saturated rings. The molecule has 2 aromatic carbocycles. The Morgan fingerprint density at radius 2 is 1.74 bits per heavy atom. The maximum absolute atomic E-state index is 12.5. The average molecular weight is 333 g/mol. The van der Waals surface area contributed by atoms with Gasteiger partial charge in [-0.1, -0.05) is 35.9 Å². The lowest BCUT2D eigenvalue weighted by molar-refractivity contribution is 0.00541. The molecule has 1 saturated heterocycles. The second kappa shape index (κ2) is 5.92. The molecule has 1 heterocycles. The van der Waals surface area contributed by atoms with E-state index in [0.717, 1.165) is 5.56 Å². The van der Waals surface area contributed by atoms with Crippen molar-refractivity contribution in [3.63, 3.8) is 0 Å². The van der Waals surface area contributed by atoms with Crippen molar-refractivity contribution in [3.8, 4) is 5.75 Å². The van der Waals surface area contributed by atoms with Crippen LogP contribution in [0.4, 0.5) is 4.79 Å². The van der Waals surface area contributed by atoms with Crippen LogP contribution in [0.3, 0.4) is 0 Å². The van der Waals surface area contributed by atoms with Gasteiger partial charge < -0.3 is 9.47 Å². The first-order valence-electron chi connectivity index (χ1n) is 6.98. The Morgan fingerprint density at radius 3 is 2.39 bits per heavy atom. The van der Waals surface area contributed by atoms with E-state index in [1.807, 2.05) is 13.0 Å². The lowest BCUT2D eigenvalue weighted by Crippen LogP contribution is -2.33. The standard InChI is InChI=1S/C16H15NO5S/c1-12-7-9-14(10-8-12)23(19,20)17-11-15(22-16(17)18)21-13-5-3-2-4-6-13/h2-10,15H,11H2,1H3. The van der Waals surface area contributed by atoms with Crippen molar-refractivity contribution in [1.82, 2.24) is 4.31 Å². The average Bonchev–Trinajstić information content (AvgIpc) is 2.90. The van der Waals surface area contributed by atoms with Crippen molar-refractivity contribution in [1.29, 1.82) is 0 Å². The van der Waals surface area contributed by atoms with Crippen molar-refractivity contribution in [3.05, 3.63) is 60.2 Å². The Labute approximate surface area is 134 Å². The highest BCUT2D eigenvalue weighted by Crippen LogP contribution is 2.24. The van der Waals surface area contributed by atoms with E-state index < -0.39 is 22.4 Å². The highest BCUT2D eigenvalue weighted by atomic mass is 32.2. The minimum absolute atomic E-state index is 0.0420. The number of para-hydroxylation sites is 1. The molecule has 0 N–H and O–H groups in total. The zero-order valence-electron chi connectivity index (χ0n) is 12.4. The lowest BCUT2D eigenvalue weighted by Gasteiger charge is -2.14. The predicted molar refractivity (Wildman–Crippen MR) is 82.4 cm³/mol. The van der Waals surface area contributed by atoms with Crippen LogP contribution in [0, 0.1) is 6.92 Å². The number of amides is 1. The van der Waals surface area contributed by atoms with Crippen molar-refractivity contribution in [2.45, 2.75) is 18.1 Å². The van der Waals surface area contributed by atoms with Crippen LogP contribution in [0.15, 0.2) is 59.5 Å². The van der Waals surface area contributed by atoms with Gasteiger partial charge >= 0.3 is 6.09 Å². The molecule has 0 spiro atoms. The summed E-state index contributed by atoms with van der Waals surface area (Å²) in [6.07, 6.45) is -1.91. The summed E-state index contributed by atoms with van der Waals surface area (Å²) < 4.78 is 36.2. The topological polar surface area (TPSA) is 72.9 Å². The molecule has 120 valence electrons. The molecule has 7 heteroatoms. The van der Waals surface area contributed by atoms with Crippen LogP contribution >= 0.6 is 0 Å². The maximum Gasteiger partial charge on any atom is 0.427 e. The van der Waals surface area contributed by atoms with Gasteiger partial charge in [0.05, 0.1) is 4.90 Å². The molecule has 23 heavy (non-hydrogen) atoms. The van der Waals surface area contributed by atoms with Crippen molar-refractivity contribution in [2.75, 3.05) is 6.54 Å². The summed E-state index contributed by atoms with van der Waals surface area (Å²) in [6.45, 7) is 1.66. The van der Waals surface area contributed by atoms with E-state index in [2.05, 4.69) is 0 Å². The van der Waals surface area contributed by atoms with Crippen LogP contribution in [-0.2, 0) is 14.8 Å². The molecule has 0 radical (unpaired) electrons.